The molecule has 1 heterocycles. The Balaban J connectivity index is 2.38. The standard InChI is InChI=1S/C13H13NO4S2/c1-9(15)14-12-4-2-10(3-5-12)13(20(16,17)18)11-6-7-19-8-11/h2-8,13H,1H3,(H,14,15)(H,16,17,18). The van der Waals surface area contributed by atoms with Gasteiger partial charge < -0.3 is 5.32 Å². The van der Waals surface area contributed by atoms with Crippen molar-refractivity contribution in [3.63, 3.8) is 0 Å². The number of anilines is 1. The Hall–Kier alpha value is -1.70. The number of benzene rings is 1. The summed E-state index contributed by atoms with van der Waals surface area (Å²) in [5.74, 6) is -0.207. The Morgan fingerprint density at radius 3 is 2.30 bits per heavy atom. The van der Waals surface area contributed by atoms with Crippen molar-refractivity contribution >= 4 is 33.0 Å². The smallest absolute Gasteiger partial charge is 0.276 e. The van der Waals surface area contributed by atoms with Gasteiger partial charge in [-0.1, -0.05) is 12.1 Å². The zero-order chi connectivity index (χ0) is 14.8. The first-order valence-electron chi connectivity index (χ1n) is 5.74. The van der Waals surface area contributed by atoms with Gasteiger partial charge in [0.25, 0.3) is 10.1 Å². The molecule has 2 aromatic rings. The summed E-state index contributed by atoms with van der Waals surface area (Å²) in [5, 5.41) is 4.91. The van der Waals surface area contributed by atoms with Crippen LogP contribution in [0.5, 0.6) is 0 Å². The molecule has 1 amide bonds. The third-order valence-electron chi connectivity index (χ3n) is 2.68. The average molecular weight is 311 g/mol. The molecule has 0 aliphatic carbocycles. The van der Waals surface area contributed by atoms with Crippen molar-refractivity contribution in [2.24, 2.45) is 0 Å². The van der Waals surface area contributed by atoms with E-state index < -0.39 is 15.4 Å². The minimum absolute atomic E-state index is 0.207. The second-order valence-electron chi connectivity index (χ2n) is 4.25. The number of carbonyl (C=O) groups is 1. The number of hydrogen-bond acceptors (Lipinski definition) is 4. The van der Waals surface area contributed by atoms with E-state index in [1.165, 1.54) is 18.3 Å². The van der Waals surface area contributed by atoms with Crippen LogP contribution >= 0.6 is 11.3 Å². The highest BCUT2D eigenvalue weighted by Gasteiger charge is 2.27. The quantitative estimate of drug-likeness (QED) is 0.850. The van der Waals surface area contributed by atoms with Gasteiger partial charge >= 0.3 is 0 Å². The molecular formula is C13H13NO4S2. The predicted molar refractivity (Wildman–Crippen MR) is 78.5 cm³/mol. The van der Waals surface area contributed by atoms with E-state index in [9.17, 15) is 17.8 Å². The summed E-state index contributed by atoms with van der Waals surface area (Å²) in [7, 11) is -4.26. The van der Waals surface area contributed by atoms with Gasteiger partial charge in [0.15, 0.2) is 0 Å². The second-order valence-corrected chi connectivity index (χ2v) is 6.54. The molecule has 0 saturated heterocycles. The van der Waals surface area contributed by atoms with Crippen molar-refractivity contribution in [1.29, 1.82) is 0 Å². The van der Waals surface area contributed by atoms with Gasteiger partial charge in [-0.05, 0) is 40.1 Å². The van der Waals surface area contributed by atoms with Crippen molar-refractivity contribution < 1.29 is 17.8 Å². The van der Waals surface area contributed by atoms with Gasteiger partial charge in [0.05, 0.1) is 0 Å². The second kappa shape index (κ2) is 5.74. The maximum atomic E-state index is 11.6. The van der Waals surface area contributed by atoms with Crippen LogP contribution in [0.3, 0.4) is 0 Å². The molecule has 2 rings (SSSR count). The Labute approximate surface area is 121 Å². The summed E-state index contributed by atoms with van der Waals surface area (Å²) in [4.78, 5) is 10.9. The number of rotatable bonds is 4. The first-order chi connectivity index (χ1) is 9.38. The molecule has 0 saturated carbocycles. The Morgan fingerprint density at radius 2 is 1.85 bits per heavy atom. The molecule has 2 N–H and O–H groups in total. The third-order valence-corrected chi connectivity index (χ3v) is 4.52. The summed E-state index contributed by atoms with van der Waals surface area (Å²) < 4.78 is 32.6. The minimum Gasteiger partial charge on any atom is -0.326 e. The fraction of sp³-hybridized carbons (Fsp3) is 0.154. The summed E-state index contributed by atoms with van der Waals surface area (Å²) >= 11 is 1.36. The Bertz CT molecular complexity index is 690. The molecule has 0 radical (unpaired) electrons. The van der Waals surface area contributed by atoms with Crippen LogP contribution in [0, 0.1) is 0 Å². The Morgan fingerprint density at radius 1 is 1.20 bits per heavy atom. The van der Waals surface area contributed by atoms with Gasteiger partial charge in [-0.2, -0.15) is 19.8 Å². The van der Waals surface area contributed by atoms with E-state index in [-0.39, 0.29) is 5.91 Å². The van der Waals surface area contributed by atoms with Crippen LogP contribution in [0.25, 0.3) is 0 Å². The van der Waals surface area contributed by atoms with Gasteiger partial charge in [0.2, 0.25) is 5.91 Å². The predicted octanol–water partition coefficient (Wildman–Crippen LogP) is 2.68. The first kappa shape index (κ1) is 14.7. The SMILES string of the molecule is CC(=O)Nc1ccc(C(c2ccsc2)S(=O)(=O)O)cc1. The topological polar surface area (TPSA) is 83.5 Å². The number of thiophene rings is 1. The van der Waals surface area contributed by atoms with Crippen LogP contribution in [0.15, 0.2) is 41.1 Å². The molecule has 20 heavy (non-hydrogen) atoms. The first-order valence-corrected chi connectivity index (χ1v) is 8.18. The van der Waals surface area contributed by atoms with Gasteiger partial charge in [-0.3, -0.25) is 9.35 Å². The highest BCUT2D eigenvalue weighted by Crippen LogP contribution is 2.31. The molecule has 0 fully saturated rings. The number of nitrogens with one attached hydrogen (secondary N) is 1. The highest BCUT2D eigenvalue weighted by atomic mass is 32.2. The Kier molecular flexibility index (Phi) is 4.22. The van der Waals surface area contributed by atoms with Crippen molar-refractivity contribution in [3.05, 3.63) is 52.2 Å². The fourth-order valence-electron chi connectivity index (χ4n) is 1.91. The third kappa shape index (κ3) is 3.44. The van der Waals surface area contributed by atoms with Gasteiger partial charge in [0.1, 0.15) is 5.25 Å². The van der Waals surface area contributed by atoms with E-state index in [2.05, 4.69) is 5.32 Å². The van der Waals surface area contributed by atoms with Crippen LogP contribution in [0.4, 0.5) is 5.69 Å². The lowest BCUT2D eigenvalue weighted by Gasteiger charge is -2.13. The van der Waals surface area contributed by atoms with Crippen molar-refractivity contribution in [2.45, 2.75) is 12.2 Å². The number of carbonyl (C=O) groups excluding carboxylic acids is 1. The molecule has 106 valence electrons. The van der Waals surface area contributed by atoms with Crippen LogP contribution in [-0.4, -0.2) is 18.9 Å². The number of hydrogen-bond donors (Lipinski definition) is 2. The average Bonchev–Trinajstić information content (AvgIpc) is 2.82. The largest absolute Gasteiger partial charge is 0.326 e. The summed E-state index contributed by atoms with van der Waals surface area (Å²) in [6, 6.07) is 8.00. The molecule has 1 atom stereocenters. The normalized spacial score (nSPS) is 12.9. The van der Waals surface area contributed by atoms with Crippen LogP contribution in [0.2, 0.25) is 0 Å². The molecule has 1 aromatic heterocycles. The van der Waals surface area contributed by atoms with E-state index in [0.29, 0.717) is 16.8 Å². The lowest BCUT2D eigenvalue weighted by molar-refractivity contribution is -0.114. The maximum Gasteiger partial charge on any atom is 0.276 e. The molecule has 5 nitrogen and oxygen atoms in total. The molecule has 0 aliphatic rings. The zero-order valence-electron chi connectivity index (χ0n) is 10.6. The van der Waals surface area contributed by atoms with E-state index >= 15 is 0 Å². The summed E-state index contributed by atoms with van der Waals surface area (Å²) in [6.07, 6.45) is 0. The molecule has 0 aliphatic heterocycles. The van der Waals surface area contributed by atoms with E-state index in [1.807, 2.05) is 0 Å². The van der Waals surface area contributed by atoms with Gasteiger partial charge in [0, 0.05) is 12.6 Å². The van der Waals surface area contributed by atoms with Gasteiger partial charge in [-0.25, -0.2) is 0 Å². The van der Waals surface area contributed by atoms with E-state index in [0.717, 1.165) is 0 Å². The minimum atomic E-state index is -4.26. The summed E-state index contributed by atoms with van der Waals surface area (Å²) in [6.45, 7) is 1.39. The lowest BCUT2D eigenvalue weighted by atomic mass is 10.1. The van der Waals surface area contributed by atoms with Crippen molar-refractivity contribution in [3.8, 4) is 0 Å². The molecule has 0 bridgehead atoms. The monoisotopic (exact) mass is 311 g/mol. The van der Waals surface area contributed by atoms with Crippen LogP contribution in [0.1, 0.15) is 23.3 Å². The van der Waals surface area contributed by atoms with Crippen LogP contribution < -0.4 is 5.32 Å². The molecular weight excluding hydrogens is 298 g/mol. The van der Waals surface area contributed by atoms with Crippen LogP contribution in [-0.2, 0) is 14.9 Å². The maximum absolute atomic E-state index is 11.6. The fourth-order valence-corrected chi connectivity index (χ4v) is 3.67. The van der Waals surface area contributed by atoms with E-state index in [1.54, 1.807) is 41.1 Å². The lowest BCUT2D eigenvalue weighted by Crippen LogP contribution is -2.13. The van der Waals surface area contributed by atoms with Crippen molar-refractivity contribution in [2.75, 3.05) is 5.32 Å². The highest BCUT2D eigenvalue weighted by molar-refractivity contribution is 7.86. The van der Waals surface area contributed by atoms with Crippen molar-refractivity contribution in [1.82, 2.24) is 0 Å². The molecule has 7 heteroatoms. The summed E-state index contributed by atoms with van der Waals surface area (Å²) in [5.41, 5.74) is 1.53. The zero-order valence-corrected chi connectivity index (χ0v) is 12.2. The molecule has 1 aromatic carbocycles. The van der Waals surface area contributed by atoms with Gasteiger partial charge in [-0.15, -0.1) is 0 Å². The number of amides is 1. The molecule has 0 spiro atoms. The molecule has 1 unspecified atom stereocenters. The van der Waals surface area contributed by atoms with E-state index in [4.69, 9.17) is 0 Å².